The zero-order valence-corrected chi connectivity index (χ0v) is 9.92. The summed E-state index contributed by atoms with van der Waals surface area (Å²) in [6.07, 6.45) is 1.60. The summed E-state index contributed by atoms with van der Waals surface area (Å²) in [4.78, 5) is 2.19. The summed E-state index contributed by atoms with van der Waals surface area (Å²) < 4.78 is 0. The summed E-state index contributed by atoms with van der Waals surface area (Å²) in [5.74, 6) is 0.131. The molecule has 0 amide bonds. The van der Waals surface area contributed by atoms with Crippen LogP contribution in [0.5, 0.6) is 0 Å². The molecule has 1 N–H and O–H groups in total. The molecule has 2 unspecified atom stereocenters. The molecule has 1 aliphatic heterocycles. The molecule has 0 saturated carbocycles. The van der Waals surface area contributed by atoms with E-state index in [0.29, 0.717) is 6.54 Å². The number of nitrogens with zero attached hydrogens (tertiary/aromatic N) is 2. The highest BCUT2D eigenvalue weighted by Gasteiger charge is 2.21. The molecule has 2 rings (SSSR count). The van der Waals surface area contributed by atoms with E-state index in [1.165, 1.54) is 0 Å². The van der Waals surface area contributed by atoms with Gasteiger partial charge in [0.2, 0.25) is 0 Å². The highest BCUT2D eigenvalue weighted by molar-refractivity contribution is 5.17. The van der Waals surface area contributed by atoms with E-state index in [1.54, 1.807) is 0 Å². The van der Waals surface area contributed by atoms with Gasteiger partial charge in [0, 0.05) is 13.1 Å². The van der Waals surface area contributed by atoms with Gasteiger partial charge in [-0.15, -0.1) is 0 Å². The molecule has 1 fully saturated rings. The van der Waals surface area contributed by atoms with Crippen molar-refractivity contribution in [2.24, 2.45) is 5.92 Å². The van der Waals surface area contributed by atoms with Gasteiger partial charge in [0.25, 0.3) is 0 Å². The first-order valence-corrected chi connectivity index (χ1v) is 6.14. The van der Waals surface area contributed by atoms with Crippen LogP contribution in [0.1, 0.15) is 24.5 Å². The van der Waals surface area contributed by atoms with Gasteiger partial charge in [-0.1, -0.05) is 30.3 Å². The van der Waals surface area contributed by atoms with E-state index in [2.05, 4.69) is 11.0 Å². The highest BCUT2D eigenvalue weighted by Crippen LogP contribution is 2.19. The second-order valence-corrected chi connectivity index (χ2v) is 4.65. The first-order valence-electron chi connectivity index (χ1n) is 6.14. The van der Waals surface area contributed by atoms with Crippen LogP contribution in [0.15, 0.2) is 30.3 Å². The molecule has 1 aromatic rings. The molecule has 0 bridgehead atoms. The Morgan fingerprint density at radius 1 is 1.41 bits per heavy atom. The van der Waals surface area contributed by atoms with Crippen LogP contribution in [0.2, 0.25) is 0 Å². The van der Waals surface area contributed by atoms with Crippen molar-refractivity contribution in [2.75, 3.05) is 19.6 Å². The van der Waals surface area contributed by atoms with Crippen molar-refractivity contribution in [1.29, 1.82) is 5.26 Å². The number of aliphatic hydroxyl groups excluding tert-OH is 1. The van der Waals surface area contributed by atoms with Crippen molar-refractivity contribution in [3.05, 3.63) is 35.9 Å². The third-order valence-corrected chi connectivity index (χ3v) is 3.30. The molecule has 0 spiro atoms. The van der Waals surface area contributed by atoms with E-state index in [9.17, 15) is 5.11 Å². The Bertz CT molecular complexity index is 385. The molecule has 0 radical (unpaired) electrons. The SMILES string of the molecule is N#CC1CCCN(CC(O)c2ccccc2)C1. The number of β-amino-alcohol motifs (C(OH)–C–C–N with tert-alkyl or cyclic N) is 1. The third-order valence-electron chi connectivity index (χ3n) is 3.30. The molecular weight excluding hydrogens is 212 g/mol. The Morgan fingerprint density at radius 2 is 2.18 bits per heavy atom. The number of hydrogen-bond acceptors (Lipinski definition) is 3. The zero-order valence-electron chi connectivity index (χ0n) is 9.92. The molecule has 3 heteroatoms. The number of likely N-dealkylation sites (tertiary alicyclic amines) is 1. The quantitative estimate of drug-likeness (QED) is 0.863. The van der Waals surface area contributed by atoms with Crippen LogP contribution in [-0.2, 0) is 0 Å². The summed E-state index contributed by atoms with van der Waals surface area (Å²) in [6.45, 7) is 2.41. The average molecular weight is 230 g/mol. The van der Waals surface area contributed by atoms with Gasteiger partial charge in [-0.25, -0.2) is 0 Å². The van der Waals surface area contributed by atoms with Crippen molar-refractivity contribution in [1.82, 2.24) is 4.90 Å². The Morgan fingerprint density at radius 3 is 2.88 bits per heavy atom. The van der Waals surface area contributed by atoms with Crippen molar-refractivity contribution < 1.29 is 5.11 Å². The minimum absolute atomic E-state index is 0.131. The lowest BCUT2D eigenvalue weighted by atomic mass is 9.99. The van der Waals surface area contributed by atoms with Crippen molar-refractivity contribution in [3.8, 4) is 6.07 Å². The summed E-state index contributed by atoms with van der Waals surface area (Å²) in [6, 6.07) is 12.0. The van der Waals surface area contributed by atoms with Crippen LogP contribution in [0, 0.1) is 17.2 Å². The van der Waals surface area contributed by atoms with Crippen LogP contribution in [0.25, 0.3) is 0 Å². The Balaban J connectivity index is 1.91. The van der Waals surface area contributed by atoms with Gasteiger partial charge in [0.15, 0.2) is 0 Å². The molecular formula is C14H18N2O. The normalized spacial score (nSPS) is 22.9. The van der Waals surface area contributed by atoms with Gasteiger partial charge in [-0.05, 0) is 24.9 Å². The number of benzene rings is 1. The van der Waals surface area contributed by atoms with Crippen LogP contribution in [-0.4, -0.2) is 29.6 Å². The minimum Gasteiger partial charge on any atom is -0.387 e. The second kappa shape index (κ2) is 5.81. The summed E-state index contributed by atoms with van der Waals surface area (Å²) >= 11 is 0. The van der Waals surface area contributed by atoms with Gasteiger partial charge < -0.3 is 5.11 Å². The van der Waals surface area contributed by atoms with E-state index < -0.39 is 6.10 Å². The lowest BCUT2D eigenvalue weighted by Gasteiger charge is -2.31. The summed E-state index contributed by atoms with van der Waals surface area (Å²) in [5, 5.41) is 19.0. The van der Waals surface area contributed by atoms with E-state index in [-0.39, 0.29) is 5.92 Å². The van der Waals surface area contributed by atoms with Gasteiger partial charge in [-0.3, -0.25) is 4.90 Å². The monoisotopic (exact) mass is 230 g/mol. The molecule has 90 valence electrons. The highest BCUT2D eigenvalue weighted by atomic mass is 16.3. The van der Waals surface area contributed by atoms with Gasteiger partial charge in [0.1, 0.15) is 0 Å². The molecule has 2 atom stereocenters. The second-order valence-electron chi connectivity index (χ2n) is 4.65. The van der Waals surface area contributed by atoms with Crippen molar-refractivity contribution in [3.63, 3.8) is 0 Å². The van der Waals surface area contributed by atoms with Crippen molar-refractivity contribution >= 4 is 0 Å². The summed E-state index contributed by atoms with van der Waals surface area (Å²) in [7, 11) is 0. The number of piperidine rings is 1. The molecule has 3 nitrogen and oxygen atoms in total. The standard InChI is InChI=1S/C14H18N2O/c15-9-12-5-4-8-16(10-12)11-14(17)13-6-2-1-3-7-13/h1-3,6-7,12,14,17H,4-5,8,10-11H2. The van der Waals surface area contributed by atoms with Gasteiger partial charge >= 0.3 is 0 Å². The van der Waals surface area contributed by atoms with E-state index >= 15 is 0 Å². The number of nitriles is 1. The number of rotatable bonds is 3. The average Bonchev–Trinajstić information content (AvgIpc) is 2.40. The fourth-order valence-corrected chi connectivity index (χ4v) is 2.35. The van der Waals surface area contributed by atoms with Crippen LogP contribution in [0.4, 0.5) is 0 Å². The van der Waals surface area contributed by atoms with E-state index in [0.717, 1.165) is 31.5 Å². The first kappa shape index (κ1) is 12.1. The van der Waals surface area contributed by atoms with E-state index in [1.807, 2.05) is 30.3 Å². The fourth-order valence-electron chi connectivity index (χ4n) is 2.35. The predicted octanol–water partition coefficient (Wildman–Crippen LogP) is 1.96. The lowest BCUT2D eigenvalue weighted by molar-refractivity contribution is 0.0927. The van der Waals surface area contributed by atoms with Crippen LogP contribution >= 0.6 is 0 Å². The molecule has 1 heterocycles. The fraction of sp³-hybridized carbons (Fsp3) is 0.500. The Kier molecular flexibility index (Phi) is 4.13. The van der Waals surface area contributed by atoms with Gasteiger partial charge in [-0.2, -0.15) is 5.26 Å². The Labute approximate surface area is 102 Å². The largest absolute Gasteiger partial charge is 0.387 e. The predicted molar refractivity (Wildman–Crippen MR) is 66.2 cm³/mol. The maximum Gasteiger partial charge on any atom is 0.0916 e. The van der Waals surface area contributed by atoms with Crippen LogP contribution < -0.4 is 0 Å². The number of aliphatic hydroxyl groups is 1. The zero-order chi connectivity index (χ0) is 12.1. The van der Waals surface area contributed by atoms with Crippen LogP contribution in [0.3, 0.4) is 0 Å². The smallest absolute Gasteiger partial charge is 0.0916 e. The summed E-state index contributed by atoms with van der Waals surface area (Å²) in [5.41, 5.74) is 0.951. The third kappa shape index (κ3) is 3.29. The lowest BCUT2D eigenvalue weighted by Crippen LogP contribution is -2.37. The molecule has 17 heavy (non-hydrogen) atoms. The Hall–Kier alpha value is -1.37. The first-order chi connectivity index (χ1) is 8.29. The maximum atomic E-state index is 10.1. The minimum atomic E-state index is -0.450. The molecule has 0 aromatic heterocycles. The van der Waals surface area contributed by atoms with Crippen molar-refractivity contribution in [2.45, 2.75) is 18.9 Å². The topological polar surface area (TPSA) is 47.3 Å². The number of hydrogen-bond donors (Lipinski definition) is 1. The molecule has 1 aliphatic rings. The molecule has 1 saturated heterocycles. The molecule has 0 aliphatic carbocycles. The van der Waals surface area contributed by atoms with E-state index in [4.69, 9.17) is 5.26 Å². The molecule has 1 aromatic carbocycles. The van der Waals surface area contributed by atoms with Gasteiger partial charge in [0.05, 0.1) is 18.1 Å². The maximum absolute atomic E-state index is 10.1.